The molecule has 5 nitrogen and oxygen atoms in total. The second-order valence-electron chi connectivity index (χ2n) is 3.83. The molecule has 0 saturated carbocycles. The van der Waals surface area contributed by atoms with Gasteiger partial charge in [-0.3, -0.25) is 4.79 Å². The van der Waals surface area contributed by atoms with Crippen LogP contribution in [0.2, 0.25) is 0 Å². The molecule has 1 N–H and O–H groups in total. The normalized spacial score (nSPS) is 9.65. The van der Waals surface area contributed by atoms with Crippen molar-refractivity contribution in [1.82, 2.24) is 0 Å². The number of anilines is 1. The fraction of sp³-hybridized carbons (Fsp3) is 0.143. The molecule has 0 saturated heterocycles. The lowest BCUT2D eigenvalue weighted by atomic mass is 10.2. The molecule has 6 heteroatoms. The van der Waals surface area contributed by atoms with Gasteiger partial charge in [0.05, 0.1) is 36.4 Å². The van der Waals surface area contributed by atoms with Crippen molar-refractivity contribution in [1.29, 1.82) is 5.26 Å². The third kappa shape index (κ3) is 2.90. The molecule has 102 valence electrons. The predicted molar refractivity (Wildman–Crippen MR) is 76.5 cm³/mol. The molecule has 20 heavy (non-hydrogen) atoms. The molecule has 0 aliphatic heterocycles. The van der Waals surface area contributed by atoms with E-state index in [0.717, 1.165) is 0 Å². The topological polar surface area (TPSA) is 71.3 Å². The van der Waals surface area contributed by atoms with Crippen LogP contribution in [0.25, 0.3) is 0 Å². The van der Waals surface area contributed by atoms with E-state index >= 15 is 0 Å². The number of carbonyl (C=O) groups is 1. The van der Waals surface area contributed by atoms with Crippen LogP contribution in [0.15, 0.2) is 29.6 Å². The lowest BCUT2D eigenvalue weighted by Gasteiger charge is -2.09. The van der Waals surface area contributed by atoms with Gasteiger partial charge in [0.2, 0.25) is 0 Å². The van der Waals surface area contributed by atoms with Gasteiger partial charge >= 0.3 is 0 Å². The standard InChI is InChI=1S/C14H12N2O3S/c1-18-10-6-13(20-8-10)14(17)16-11-4-3-9(7-15)5-12(11)19-2/h3-6,8H,1-2H3,(H,16,17). The lowest BCUT2D eigenvalue weighted by molar-refractivity contribution is 0.103. The highest BCUT2D eigenvalue weighted by atomic mass is 32.1. The SMILES string of the molecule is COc1csc(C(=O)Nc2ccc(C#N)cc2OC)c1. The van der Waals surface area contributed by atoms with Gasteiger partial charge in [0, 0.05) is 17.5 Å². The van der Waals surface area contributed by atoms with Crippen molar-refractivity contribution < 1.29 is 14.3 Å². The minimum absolute atomic E-state index is 0.249. The second kappa shape index (κ2) is 6.08. The number of carbonyl (C=O) groups excluding carboxylic acids is 1. The number of nitriles is 1. The van der Waals surface area contributed by atoms with Gasteiger partial charge in [-0.1, -0.05) is 0 Å². The minimum Gasteiger partial charge on any atom is -0.496 e. The number of benzene rings is 1. The molecule has 1 heterocycles. The van der Waals surface area contributed by atoms with Gasteiger partial charge in [-0.2, -0.15) is 5.26 Å². The van der Waals surface area contributed by atoms with Crippen LogP contribution in [0.1, 0.15) is 15.2 Å². The number of thiophene rings is 1. The van der Waals surface area contributed by atoms with Gasteiger partial charge in [-0.25, -0.2) is 0 Å². The van der Waals surface area contributed by atoms with E-state index < -0.39 is 0 Å². The first-order valence-corrected chi connectivity index (χ1v) is 6.58. The lowest BCUT2D eigenvalue weighted by Crippen LogP contribution is -2.11. The van der Waals surface area contributed by atoms with Crippen LogP contribution in [-0.2, 0) is 0 Å². The minimum atomic E-state index is -0.249. The molecule has 2 aromatic rings. The van der Waals surface area contributed by atoms with Crippen molar-refractivity contribution in [3.63, 3.8) is 0 Å². The summed E-state index contributed by atoms with van der Waals surface area (Å²) in [6.45, 7) is 0. The molecule has 0 spiro atoms. The molecule has 0 aliphatic carbocycles. The van der Waals surface area contributed by atoms with Crippen molar-refractivity contribution in [3.8, 4) is 17.6 Å². The average Bonchev–Trinajstić information content (AvgIpc) is 2.96. The number of ether oxygens (including phenoxy) is 2. The summed E-state index contributed by atoms with van der Waals surface area (Å²) in [7, 11) is 3.04. The Bertz CT molecular complexity index is 673. The van der Waals surface area contributed by atoms with Gasteiger partial charge in [-0.05, 0) is 12.1 Å². The number of hydrogen-bond acceptors (Lipinski definition) is 5. The van der Waals surface area contributed by atoms with E-state index in [9.17, 15) is 4.79 Å². The third-order valence-corrected chi connectivity index (χ3v) is 3.52. The molecule has 0 aliphatic rings. The number of amides is 1. The van der Waals surface area contributed by atoms with Crippen molar-refractivity contribution in [2.24, 2.45) is 0 Å². The van der Waals surface area contributed by atoms with Crippen LogP contribution < -0.4 is 14.8 Å². The summed E-state index contributed by atoms with van der Waals surface area (Å²) in [5.41, 5.74) is 0.988. The Morgan fingerprint density at radius 3 is 2.70 bits per heavy atom. The maximum atomic E-state index is 12.1. The van der Waals surface area contributed by atoms with E-state index in [4.69, 9.17) is 14.7 Å². The Morgan fingerprint density at radius 2 is 2.10 bits per heavy atom. The van der Waals surface area contributed by atoms with E-state index in [1.807, 2.05) is 6.07 Å². The summed E-state index contributed by atoms with van der Waals surface area (Å²) in [5, 5.41) is 13.3. The van der Waals surface area contributed by atoms with Crippen molar-refractivity contribution >= 4 is 22.9 Å². The molecule has 0 bridgehead atoms. The summed E-state index contributed by atoms with van der Waals surface area (Å²) in [5.74, 6) is 0.842. The Kier molecular flexibility index (Phi) is 4.23. The highest BCUT2D eigenvalue weighted by Gasteiger charge is 2.12. The third-order valence-electron chi connectivity index (χ3n) is 2.61. The van der Waals surface area contributed by atoms with E-state index in [-0.39, 0.29) is 5.91 Å². The molecule has 0 radical (unpaired) electrons. The maximum absolute atomic E-state index is 12.1. The van der Waals surface area contributed by atoms with Gasteiger partial charge in [0.15, 0.2) is 0 Å². The van der Waals surface area contributed by atoms with Crippen LogP contribution in [-0.4, -0.2) is 20.1 Å². The quantitative estimate of drug-likeness (QED) is 0.939. The highest BCUT2D eigenvalue weighted by molar-refractivity contribution is 7.12. The second-order valence-corrected chi connectivity index (χ2v) is 4.74. The number of nitrogens with one attached hydrogen (secondary N) is 1. The zero-order valence-electron chi connectivity index (χ0n) is 11.0. The van der Waals surface area contributed by atoms with Gasteiger partial charge < -0.3 is 14.8 Å². The van der Waals surface area contributed by atoms with Gasteiger partial charge in [0.1, 0.15) is 11.5 Å². The molecule has 0 atom stereocenters. The molecule has 0 unspecified atom stereocenters. The number of methoxy groups -OCH3 is 2. The number of rotatable bonds is 4. The smallest absolute Gasteiger partial charge is 0.265 e. The molecule has 1 aromatic carbocycles. The highest BCUT2D eigenvalue weighted by Crippen LogP contribution is 2.27. The maximum Gasteiger partial charge on any atom is 0.265 e. The summed E-state index contributed by atoms with van der Waals surface area (Å²) in [4.78, 5) is 12.6. The van der Waals surface area contributed by atoms with Crippen molar-refractivity contribution in [2.45, 2.75) is 0 Å². The van der Waals surface area contributed by atoms with E-state index in [1.54, 1.807) is 36.8 Å². The van der Waals surface area contributed by atoms with Gasteiger partial charge in [-0.15, -0.1) is 11.3 Å². The van der Waals surface area contributed by atoms with Crippen LogP contribution >= 0.6 is 11.3 Å². The molecular weight excluding hydrogens is 276 g/mol. The predicted octanol–water partition coefficient (Wildman–Crippen LogP) is 2.89. The first kappa shape index (κ1) is 13.9. The summed E-state index contributed by atoms with van der Waals surface area (Å²) >= 11 is 1.29. The summed E-state index contributed by atoms with van der Waals surface area (Å²) < 4.78 is 10.2. The number of nitrogens with zero attached hydrogens (tertiary/aromatic N) is 1. The van der Waals surface area contributed by atoms with E-state index in [1.165, 1.54) is 18.4 Å². The fourth-order valence-electron chi connectivity index (χ4n) is 1.59. The molecule has 0 fully saturated rings. The fourth-order valence-corrected chi connectivity index (χ4v) is 2.34. The Hall–Kier alpha value is -2.52. The van der Waals surface area contributed by atoms with Crippen molar-refractivity contribution in [2.75, 3.05) is 19.5 Å². The van der Waals surface area contributed by atoms with E-state index in [2.05, 4.69) is 5.32 Å². The summed E-state index contributed by atoms with van der Waals surface area (Å²) in [6, 6.07) is 8.51. The average molecular weight is 288 g/mol. The monoisotopic (exact) mass is 288 g/mol. The summed E-state index contributed by atoms with van der Waals surface area (Å²) in [6.07, 6.45) is 0. The Balaban J connectivity index is 2.21. The van der Waals surface area contributed by atoms with Crippen LogP contribution in [0.3, 0.4) is 0 Å². The first-order chi connectivity index (χ1) is 9.67. The molecular formula is C14H12N2O3S. The van der Waals surface area contributed by atoms with Crippen LogP contribution in [0, 0.1) is 11.3 Å². The van der Waals surface area contributed by atoms with Crippen LogP contribution in [0.5, 0.6) is 11.5 Å². The Labute approximate surface area is 120 Å². The zero-order valence-corrected chi connectivity index (χ0v) is 11.8. The van der Waals surface area contributed by atoms with Crippen LogP contribution in [0.4, 0.5) is 5.69 Å². The molecule has 1 aromatic heterocycles. The zero-order chi connectivity index (χ0) is 14.5. The Morgan fingerprint density at radius 1 is 1.30 bits per heavy atom. The number of hydrogen-bond donors (Lipinski definition) is 1. The van der Waals surface area contributed by atoms with Crippen molar-refractivity contribution in [3.05, 3.63) is 40.1 Å². The first-order valence-electron chi connectivity index (χ1n) is 5.70. The molecule has 1 amide bonds. The van der Waals surface area contributed by atoms with E-state index in [0.29, 0.717) is 27.6 Å². The van der Waals surface area contributed by atoms with Gasteiger partial charge in [0.25, 0.3) is 5.91 Å². The molecule has 2 rings (SSSR count). The largest absolute Gasteiger partial charge is 0.496 e.